The van der Waals surface area contributed by atoms with Crippen LogP contribution in [-0.4, -0.2) is 28.8 Å². The van der Waals surface area contributed by atoms with E-state index in [-0.39, 0.29) is 24.5 Å². The highest BCUT2D eigenvalue weighted by Crippen LogP contribution is 2.20. The number of carboxylic acids is 1. The summed E-state index contributed by atoms with van der Waals surface area (Å²) in [5, 5.41) is 12.9. The molecule has 1 rings (SSSR count). The van der Waals surface area contributed by atoms with Crippen LogP contribution < -0.4 is 5.32 Å². The molecule has 0 saturated carbocycles. The summed E-state index contributed by atoms with van der Waals surface area (Å²) in [5.41, 5.74) is 0.527. The molecule has 1 heterocycles. The Kier molecular flexibility index (Phi) is 4.88. The van der Waals surface area contributed by atoms with Gasteiger partial charge in [0.25, 0.3) is 0 Å². The molecular formula is C9H11F3N2O2S. The fraction of sp³-hybridized carbons (Fsp3) is 0.556. The molecule has 0 spiro atoms. The molecule has 96 valence electrons. The van der Waals surface area contributed by atoms with Crippen LogP contribution in [0.4, 0.5) is 13.2 Å². The average molecular weight is 268 g/mol. The number of aromatic carboxylic acids is 1. The zero-order valence-corrected chi connectivity index (χ0v) is 9.57. The SMILES string of the molecule is O=C(O)c1nc(CNCCCC(F)(F)F)cs1. The van der Waals surface area contributed by atoms with Crippen molar-refractivity contribution < 1.29 is 23.1 Å². The van der Waals surface area contributed by atoms with Gasteiger partial charge in [0.05, 0.1) is 5.69 Å². The topological polar surface area (TPSA) is 62.2 Å². The van der Waals surface area contributed by atoms with E-state index in [0.717, 1.165) is 11.3 Å². The molecule has 0 unspecified atom stereocenters. The van der Waals surface area contributed by atoms with E-state index in [1.54, 1.807) is 5.38 Å². The molecule has 8 heteroatoms. The molecule has 0 fully saturated rings. The second-order valence-corrected chi connectivity index (χ2v) is 4.20. The molecule has 0 saturated heterocycles. The first kappa shape index (κ1) is 13.9. The van der Waals surface area contributed by atoms with Crippen LogP contribution in [0, 0.1) is 0 Å². The van der Waals surface area contributed by atoms with Gasteiger partial charge in [0.1, 0.15) is 0 Å². The van der Waals surface area contributed by atoms with Crippen LogP contribution in [0.25, 0.3) is 0 Å². The summed E-state index contributed by atoms with van der Waals surface area (Å²) in [7, 11) is 0. The standard InChI is InChI=1S/C9H11F3N2O2S/c10-9(11,12)2-1-3-13-4-6-5-17-7(14-6)8(15)16/h5,13H,1-4H2,(H,15,16). The lowest BCUT2D eigenvalue weighted by Gasteiger charge is -2.06. The van der Waals surface area contributed by atoms with Gasteiger partial charge in [0.2, 0.25) is 5.01 Å². The number of hydrogen-bond acceptors (Lipinski definition) is 4. The normalized spacial score (nSPS) is 11.7. The summed E-state index contributed by atoms with van der Waals surface area (Å²) in [6, 6.07) is 0. The van der Waals surface area contributed by atoms with E-state index in [1.807, 2.05) is 0 Å². The third-order valence-electron chi connectivity index (χ3n) is 1.85. The van der Waals surface area contributed by atoms with Crippen molar-refractivity contribution in [2.75, 3.05) is 6.54 Å². The average Bonchev–Trinajstić information content (AvgIpc) is 2.64. The summed E-state index contributed by atoms with van der Waals surface area (Å²) in [4.78, 5) is 14.3. The zero-order chi connectivity index (χ0) is 12.9. The Hall–Kier alpha value is -1.15. The number of rotatable bonds is 6. The third-order valence-corrected chi connectivity index (χ3v) is 2.73. The minimum atomic E-state index is -4.13. The van der Waals surface area contributed by atoms with E-state index in [2.05, 4.69) is 10.3 Å². The van der Waals surface area contributed by atoms with Gasteiger partial charge in [-0.15, -0.1) is 11.3 Å². The van der Waals surface area contributed by atoms with E-state index >= 15 is 0 Å². The van der Waals surface area contributed by atoms with Crippen molar-refractivity contribution >= 4 is 17.3 Å². The van der Waals surface area contributed by atoms with Crippen molar-refractivity contribution in [1.82, 2.24) is 10.3 Å². The van der Waals surface area contributed by atoms with E-state index < -0.39 is 18.6 Å². The molecule has 0 aromatic carbocycles. The Bertz CT molecular complexity index is 379. The molecule has 2 N–H and O–H groups in total. The van der Waals surface area contributed by atoms with Gasteiger partial charge in [-0.25, -0.2) is 9.78 Å². The van der Waals surface area contributed by atoms with Crippen LogP contribution in [-0.2, 0) is 6.54 Å². The highest BCUT2D eigenvalue weighted by molar-refractivity contribution is 7.11. The van der Waals surface area contributed by atoms with Gasteiger partial charge in [0, 0.05) is 18.3 Å². The van der Waals surface area contributed by atoms with Gasteiger partial charge in [-0.05, 0) is 13.0 Å². The minimum Gasteiger partial charge on any atom is -0.476 e. The molecule has 0 bridgehead atoms. The lowest BCUT2D eigenvalue weighted by Crippen LogP contribution is -2.18. The van der Waals surface area contributed by atoms with Gasteiger partial charge < -0.3 is 10.4 Å². The molecule has 0 amide bonds. The van der Waals surface area contributed by atoms with E-state index in [0.29, 0.717) is 5.69 Å². The van der Waals surface area contributed by atoms with Crippen molar-refractivity contribution in [3.63, 3.8) is 0 Å². The van der Waals surface area contributed by atoms with Crippen molar-refractivity contribution in [1.29, 1.82) is 0 Å². The number of nitrogens with one attached hydrogen (secondary N) is 1. The molecule has 17 heavy (non-hydrogen) atoms. The Morgan fingerprint density at radius 1 is 1.53 bits per heavy atom. The summed E-state index contributed by atoms with van der Waals surface area (Å²) >= 11 is 0.995. The Labute approximate surface area is 99.5 Å². The van der Waals surface area contributed by atoms with Crippen LogP contribution in [0.15, 0.2) is 5.38 Å². The second kappa shape index (κ2) is 5.97. The molecule has 4 nitrogen and oxygen atoms in total. The Morgan fingerprint density at radius 2 is 2.24 bits per heavy atom. The first-order chi connectivity index (χ1) is 7.88. The number of hydrogen-bond donors (Lipinski definition) is 2. The summed E-state index contributed by atoms with van der Waals surface area (Å²) in [6.45, 7) is 0.501. The second-order valence-electron chi connectivity index (χ2n) is 3.34. The van der Waals surface area contributed by atoms with Gasteiger partial charge in [-0.1, -0.05) is 0 Å². The highest BCUT2D eigenvalue weighted by atomic mass is 32.1. The van der Waals surface area contributed by atoms with Crippen molar-refractivity contribution in [2.24, 2.45) is 0 Å². The van der Waals surface area contributed by atoms with Gasteiger partial charge in [-0.2, -0.15) is 13.2 Å². The smallest absolute Gasteiger partial charge is 0.389 e. The number of carboxylic acid groups (broad SMARTS) is 1. The summed E-state index contributed by atoms with van der Waals surface area (Å²) < 4.78 is 35.4. The third kappa shape index (κ3) is 5.64. The van der Waals surface area contributed by atoms with Crippen LogP contribution in [0.3, 0.4) is 0 Å². The number of thiazole rings is 1. The molecular weight excluding hydrogens is 257 g/mol. The number of nitrogens with zero attached hydrogens (tertiary/aromatic N) is 1. The number of alkyl halides is 3. The maximum absolute atomic E-state index is 11.8. The molecule has 1 aromatic rings. The first-order valence-electron chi connectivity index (χ1n) is 4.83. The number of halogens is 3. The Morgan fingerprint density at radius 3 is 2.76 bits per heavy atom. The van der Waals surface area contributed by atoms with E-state index in [9.17, 15) is 18.0 Å². The molecule has 0 aliphatic heterocycles. The number of carbonyl (C=O) groups is 1. The zero-order valence-electron chi connectivity index (χ0n) is 8.75. The van der Waals surface area contributed by atoms with Crippen LogP contribution >= 0.6 is 11.3 Å². The lowest BCUT2D eigenvalue weighted by atomic mass is 10.3. The highest BCUT2D eigenvalue weighted by Gasteiger charge is 2.25. The molecule has 0 aliphatic rings. The lowest BCUT2D eigenvalue weighted by molar-refractivity contribution is -0.135. The largest absolute Gasteiger partial charge is 0.476 e. The fourth-order valence-electron chi connectivity index (χ4n) is 1.12. The minimum absolute atomic E-state index is 0.000571. The maximum Gasteiger partial charge on any atom is 0.389 e. The molecule has 0 radical (unpaired) electrons. The maximum atomic E-state index is 11.8. The molecule has 1 aromatic heterocycles. The van der Waals surface area contributed by atoms with E-state index in [1.165, 1.54) is 0 Å². The first-order valence-corrected chi connectivity index (χ1v) is 5.71. The van der Waals surface area contributed by atoms with Gasteiger partial charge in [0.15, 0.2) is 0 Å². The van der Waals surface area contributed by atoms with Crippen LogP contribution in [0.2, 0.25) is 0 Å². The predicted octanol–water partition coefficient (Wildman–Crippen LogP) is 2.27. The summed E-state index contributed by atoms with van der Waals surface area (Å²) in [5.74, 6) is -1.10. The molecule has 0 aliphatic carbocycles. The quantitative estimate of drug-likeness (QED) is 0.777. The summed E-state index contributed by atoms with van der Waals surface area (Å²) in [6.07, 6.45) is -4.95. The van der Waals surface area contributed by atoms with Gasteiger partial charge >= 0.3 is 12.1 Å². The monoisotopic (exact) mass is 268 g/mol. The Balaban J connectivity index is 2.20. The molecule has 0 atom stereocenters. The van der Waals surface area contributed by atoms with Gasteiger partial charge in [-0.3, -0.25) is 0 Å². The predicted molar refractivity (Wildman–Crippen MR) is 56.1 cm³/mol. The number of aromatic nitrogens is 1. The van der Waals surface area contributed by atoms with Crippen LogP contribution in [0.1, 0.15) is 28.3 Å². The van der Waals surface area contributed by atoms with Crippen molar-refractivity contribution in [3.8, 4) is 0 Å². The fourth-order valence-corrected chi connectivity index (χ4v) is 1.77. The van der Waals surface area contributed by atoms with E-state index in [4.69, 9.17) is 5.11 Å². The van der Waals surface area contributed by atoms with Crippen molar-refractivity contribution in [2.45, 2.75) is 25.6 Å². The van der Waals surface area contributed by atoms with Crippen LogP contribution in [0.5, 0.6) is 0 Å². The van der Waals surface area contributed by atoms with Crippen molar-refractivity contribution in [3.05, 3.63) is 16.1 Å².